The first-order valence-corrected chi connectivity index (χ1v) is 51.5. The van der Waals surface area contributed by atoms with Gasteiger partial charge in [-0.05, 0) is 329 Å². The Kier molecular flexibility index (Phi) is 45.2. The largest absolute Gasteiger partial charge is 0.481 e. The van der Waals surface area contributed by atoms with E-state index in [1.54, 1.807) is 162 Å². The Morgan fingerprint density at radius 2 is 0.736 bits per heavy atom. The molecule has 125 heavy (non-hydrogen) atoms. The maximum absolute atomic E-state index is 13.5. The number of aryl methyl sites for hydroxylation is 1. The van der Waals surface area contributed by atoms with E-state index in [1.165, 1.54) is 34.5 Å². The molecular formula is C87H135Br3N12O17S6. The van der Waals surface area contributed by atoms with Gasteiger partial charge in [-0.1, -0.05) is 50.2 Å². The quantitative estimate of drug-likeness (QED) is 0.0240. The molecule has 12 N–H and O–H groups in total. The number of sulfonamides is 4. The highest BCUT2D eigenvalue weighted by Crippen LogP contribution is 2.41. The first-order chi connectivity index (χ1) is 57.2. The lowest BCUT2D eigenvalue weighted by Gasteiger charge is -2.28. The number of hydrogen-bond donors (Lipinski definition) is 11. The van der Waals surface area contributed by atoms with E-state index in [4.69, 9.17) is 20.3 Å². The van der Waals surface area contributed by atoms with E-state index >= 15 is 0 Å². The average Bonchev–Trinajstić information content (AvgIpc) is 1.69. The highest BCUT2D eigenvalue weighted by molar-refractivity contribution is 9.11. The molecule has 0 aliphatic heterocycles. The third kappa shape index (κ3) is 44.7. The van der Waals surface area contributed by atoms with Gasteiger partial charge in [-0.25, -0.2) is 72.1 Å². The predicted molar refractivity (Wildman–Crippen MR) is 508 cm³/mol. The molecule has 2 aliphatic carbocycles. The van der Waals surface area contributed by atoms with Crippen molar-refractivity contribution in [2.45, 2.75) is 352 Å². The molecule has 8 rings (SSSR count). The number of amides is 5. The van der Waals surface area contributed by atoms with Gasteiger partial charge in [0.05, 0.1) is 82.3 Å². The van der Waals surface area contributed by atoms with Gasteiger partial charge in [0.1, 0.15) is 0 Å². The number of halogens is 3. The van der Waals surface area contributed by atoms with Gasteiger partial charge in [0.25, 0.3) is 0 Å². The third-order valence-corrected chi connectivity index (χ3v) is 28.8. The molecule has 0 atom stereocenters. The van der Waals surface area contributed by atoms with Gasteiger partial charge in [0, 0.05) is 84.9 Å². The van der Waals surface area contributed by atoms with Gasteiger partial charge in [0.15, 0.2) is 0 Å². The number of nitrogens with zero attached hydrogens (tertiary/aromatic N) is 2. The molecule has 6 aromatic rings. The number of aliphatic carboxylic acids is 1. The number of hydrogen-bond acceptors (Lipinski definition) is 21. The SMILES string of the molecule is CC(C)(C)NS(=O)(=O)c1cc(CC(=O)O)ccc1Br.CC(C)N.CC(C)NC(=O)Cc1ccc(-c2cnc(C3CCC(NC(=O)OC(C)C)CC3)s2)c(S(=O)(=O)NC(C)(C)C)c1.CC(C)NC(=O)Cc1ccc(Br)c(S(=O)(=O)NC(C)(C)C)c1.CC(C)OC(=O)NC1CCC(c2ncc(Br)s2)CC1.Cc1ccc(CC(=O)NC(C)C)cc1S(=O)(=O)NC(C)(C)C. The summed E-state index contributed by atoms with van der Waals surface area (Å²) in [5, 5.41) is 25.2. The van der Waals surface area contributed by atoms with Crippen LogP contribution in [0.4, 0.5) is 9.59 Å². The second-order valence-corrected chi connectivity index (χ2v) is 48.6. The molecule has 0 saturated heterocycles. The first-order valence-electron chi connectivity index (χ1n) is 41.5. The molecule has 29 nitrogen and oxygen atoms in total. The number of carboxylic acid groups (broad SMARTS) is 1. The number of carbonyl (C=O) groups is 6. The van der Waals surface area contributed by atoms with Crippen LogP contribution in [0.15, 0.2) is 118 Å². The molecule has 702 valence electrons. The molecule has 5 amide bonds. The van der Waals surface area contributed by atoms with E-state index in [0.29, 0.717) is 54.3 Å². The molecular weight excluding hydrogens is 1920 g/mol. The minimum absolute atomic E-state index is 0.00198. The summed E-state index contributed by atoms with van der Waals surface area (Å²) >= 11 is 13.1. The summed E-state index contributed by atoms with van der Waals surface area (Å²) < 4.78 is 124. The molecule has 2 aliphatic rings. The van der Waals surface area contributed by atoms with Gasteiger partial charge in [0.2, 0.25) is 57.8 Å². The molecule has 4 aromatic carbocycles. The van der Waals surface area contributed by atoms with E-state index in [-0.39, 0.29) is 124 Å². The molecule has 0 radical (unpaired) electrons. The summed E-state index contributed by atoms with van der Waals surface area (Å²) in [5.74, 6) is -0.637. The first kappa shape index (κ1) is 113. The average molecular weight is 2050 g/mol. The van der Waals surface area contributed by atoms with E-state index in [1.807, 2.05) is 89.3 Å². The van der Waals surface area contributed by atoms with Crippen molar-refractivity contribution >= 4 is 146 Å². The van der Waals surface area contributed by atoms with Crippen LogP contribution in [-0.2, 0) is 94.4 Å². The zero-order chi connectivity index (χ0) is 95.5. The van der Waals surface area contributed by atoms with Crippen LogP contribution in [0.2, 0.25) is 0 Å². The van der Waals surface area contributed by atoms with E-state index < -0.39 is 68.2 Å². The van der Waals surface area contributed by atoms with Gasteiger partial charge < -0.3 is 46.9 Å². The number of benzene rings is 4. The molecule has 0 spiro atoms. The van der Waals surface area contributed by atoms with Gasteiger partial charge in [-0.3, -0.25) is 19.2 Å². The summed E-state index contributed by atoms with van der Waals surface area (Å²) in [6.07, 6.45) is 10.4. The van der Waals surface area contributed by atoms with Gasteiger partial charge in [-0.2, -0.15) is 0 Å². The minimum Gasteiger partial charge on any atom is -0.481 e. The number of nitrogens with one attached hydrogen (secondary N) is 9. The third-order valence-electron chi connectivity index (χ3n) is 16.8. The number of aromatic nitrogens is 2. The molecule has 2 aromatic heterocycles. The summed E-state index contributed by atoms with van der Waals surface area (Å²) in [4.78, 5) is 80.5. The van der Waals surface area contributed by atoms with Gasteiger partial charge >= 0.3 is 18.2 Å². The summed E-state index contributed by atoms with van der Waals surface area (Å²) in [6.45, 7) is 45.6. The fourth-order valence-corrected chi connectivity index (χ4v) is 23.3. The van der Waals surface area contributed by atoms with Crippen molar-refractivity contribution in [2.75, 3.05) is 0 Å². The van der Waals surface area contributed by atoms with Crippen LogP contribution in [0.3, 0.4) is 0 Å². The number of ether oxygens (including phenoxy) is 2. The number of thiazole rings is 2. The highest BCUT2D eigenvalue weighted by Gasteiger charge is 2.33. The summed E-state index contributed by atoms with van der Waals surface area (Å²) in [6, 6.07) is 20.4. The van der Waals surface area contributed by atoms with Crippen molar-refractivity contribution < 1.29 is 77.0 Å². The van der Waals surface area contributed by atoms with Crippen molar-refractivity contribution in [3.05, 3.63) is 136 Å². The Morgan fingerprint density at radius 1 is 0.440 bits per heavy atom. The number of nitrogens with two attached hydrogens (primary N) is 1. The zero-order valence-corrected chi connectivity index (χ0v) is 86.5. The van der Waals surface area contributed by atoms with E-state index in [0.717, 1.165) is 65.0 Å². The fourth-order valence-electron chi connectivity index (χ4n) is 12.4. The summed E-state index contributed by atoms with van der Waals surface area (Å²) in [5.41, 5.74) is 6.30. The minimum atomic E-state index is -3.88. The van der Waals surface area contributed by atoms with E-state index in [2.05, 4.69) is 103 Å². The maximum Gasteiger partial charge on any atom is 0.407 e. The second-order valence-electron chi connectivity index (χ2n) is 36.8. The molecule has 2 saturated carbocycles. The van der Waals surface area contributed by atoms with Gasteiger partial charge in [-0.15, -0.1) is 22.7 Å². The lowest BCUT2D eigenvalue weighted by atomic mass is 9.86. The molecule has 0 unspecified atom stereocenters. The standard InChI is InChI=1S/C28H42N4O5S2.C16H26N2O3S.C15H23BrN2O3S.C13H19BrN2O2S.C12H16BrNO4S.C3H9N/c1-17(2)30-25(33)15-19-8-13-22(24(14-19)39(35,36)32-28(5,6)7)23-16-29-26(38-23)20-9-11-21(12-10-20)31-27(34)37-18(3)4;1-11(2)17-15(19)10-13-8-7-12(3)14(9-13)22(20,21)18-16(4,5)6;1-10(2)17-14(19)9-11-6-7-12(16)13(8-11)22(20,21)18-15(3,4)5;1-8(2)18-13(17)16-10-5-3-9(4-6-10)12-15-7-11(14)19-12;1-12(2,3)14-19(17,18)10-6-8(7-11(15)16)4-5-9(10)13;1-3(2)4/h8,13-14,16-18,20-21,32H,9-12,15H2,1-7H3,(H,30,33)(H,31,34);7-9,11,18H,10H2,1-6H3,(H,17,19);6-8,10,18H,9H2,1-5H3,(H,17,19);7-10H,3-6H2,1-2H3,(H,16,17);4-6,14H,7H2,1-3H3,(H,15,16);3H,4H2,1-2H3. The maximum atomic E-state index is 13.5. The van der Waals surface area contributed by atoms with E-state index in [9.17, 15) is 62.4 Å². The number of rotatable bonds is 26. The van der Waals surface area contributed by atoms with Crippen LogP contribution in [0.5, 0.6) is 0 Å². The van der Waals surface area contributed by atoms with Crippen LogP contribution in [0.1, 0.15) is 267 Å². The lowest BCUT2D eigenvalue weighted by Crippen LogP contribution is -2.40. The highest BCUT2D eigenvalue weighted by atomic mass is 79.9. The number of alkyl carbamates (subject to hydrolysis) is 2. The number of carboxylic acids is 1. The van der Waals surface area contributed by atoms with Crippen molar-refractivity contribution in [1.29, 1.82) is 0 Å². The topological polar surface area (TPSA) is 438 Å². The molecule has 2 heterocycles. The number of carbonyl (C=O) groups excluding carboxylic acids is 5. The zero-order valence-electron chi connectivity index (χ0n) is 76.9. The van der Waals surface area contributed by atoms with Crippen LogP contribution in [0, 0.1) is 6.92 Å². The second kappa shape index (κ2) is 50.1. The predicted octanol–water partition coefficient (Wildman–Crippen LogP) is 16.4. The normalized spacial score (nSPS) is 15.8. The molecule has 2 fully saturated rings. The smallest absolute Gasteiger partial charge is 0.407 e. The van der Waals surface area contributed by atoms with Crippen molar-refractivity contribution in [3.63, 3.8) is 0 Å². The molecule has 0 bridgehead atoms. The van der Waals surface area contributed by atoms with Crippen LogP contribution in [0.25, 0.3) is 10.4 Å². The Bertz CT molecular complexity index is 4900. The molecule has 38 heteroatoms. The Hall–Kier alpha value is -6.40. The monoisotopic (exact) mass is 2050 g/mol. The lowest BCUT2D eigenvalue weighted by molar-refractivity contribution is -0.136. The Morgan fingerprint density at radius 3 is 1.06 bits per heavy atom. The Labute approximate surface area is 776 Å². The van der Waals surface area contributed by atoms with Crippen LogP contribution < -0.4 is 51.2 Å². The van der Waals surface area contributed by atoms with Crippen molar-refractivity contribution in [3.8, 4) is 10.4 Å². The van der Waals surface area contributed by atoms with Crippen molar-refractivity contribution in [2.24, 2.45) is 5.73 Å². The van der Waals surface area contributed by atoms with Crippen molar-refractivity contribution in [1.82, 2.24) is 55.4 Å². The Balaban J connectivity index is 0.000000412. The summed E-state index contributed by atoms with van der Waals surface area (Å²) in [7, 11) is -14.8. The van der Waals surface area contributed by atoms with Crippen LogP contribution in [-0.4, -0.2) is 155 Å². The fraction of sp³-hybridized carbons (Fsp3) is 0.586. The van der Waals surface area contributed by atoms with Crippen LogP contribution >= 0.6 is 70.5 Å².